The maximum atomic E-state index is 6.10. The Morgan fingerprint density at radius 1 is 1.20 bits per heavy atom. The first-order valence-electron chi connectivity index (χ1n) is 7.46. The van der Waals surface area contributed by atoms with Crippen molar-refractivity contribution < 1.29 is 14.2 Å². The number of nitrogens with zero attached hydrogens (tertiary/aromatic N) is 3. The molecule has 9 heteroatoms. The normalized spacial score (nSPS) is 11.0. The number of hydrogen-bond acceptors (Lipinski definition) is 8. The number of methoxy groups -OCH3 is 3. The van der Waals surface area contributed by atoms with E-state index in [9.17, 15) is 0 Å². The predicted molar refractivity (Wildman–Crippen MR) is 99.6 cm³/mol. The number of halogens is 1. The highest BCUT2D eigenvalue weighted by molar-refractivity contribution is 7.98. The Bertz CT molecular complexity index is 729. The summed E-state index contributed by atoms with van der Waals surface area (Å²) < 4.78 is 15.8. The molecule has 0 saturated heterocycles. The summed E-state index contributed by atoms with van der Waals surface area (Å²) in [5.41, 5.74) is 1.66. The van der Waals surface area contributed by atoms with E-state index in [1.807, 2.05) is 19.2 Å². The van der Waals surface area contributed by atoms with Crippen molar-refractivity contribution in [3.8, 4) is 17.1 Å². The number of hydrogen-bond donors (Lipinski definition) is 1. The monoisotopic (exact) mass is 384 g/mol. The molecule has 0 aliphatic carbocycles. The standard InChI is InChI=1S/C16H21ClN4O3S/c1-9-6-10(17)7-11(22-2)13(9)14-19-15(16(25-5)21-20-14)18-8-12(23-3)24-4/h6-7,12H,8H2,1-5H3,(H,18,19,20). The van der Waals surface area contributed by atoms with Crippen LogP contribution in [-0.4, -0.2) is 55.6 Å². The van der Waals surface area contributed by atoms with E-state index in [-0.39, 0.29) is 6.29 Å². The van der Waals surface area contributed by atoms with Gasteiger partial charge in [-0.3, -0.25) is 0 Å². The molecule has 1 N–H and O–H groups in total. The van der Waals surface area contributed by atoms with E-state index in [0.29, 0.717) is 34.0 Å². The molecule has 0 bridgehead atoms. The van der Waals surface area contributed by atoms with E-state index in [1.165, 1.54) is 11.8 Å². The van der Waals surface area contributed by atoms with Crippen molar-refractivity contribution in [2.24, 2.45) is 0 Å². The van der Waals surface area contributed by atoms with E-state index in [1.54, 1.807) is 27.4 Å². The average Bonchev–Trinajstić information content (AvgIpc) is 2.61. The molecule has 0 saturated carbocycles. The molecule has 7 nitrogen and oxygen atoms in total. The molecule has 0 radical (unpaired) electrons. The van der Waals surface area contributed by atoms with Crippen molar-refractivity contribution in [1.29, 1.82) is 0 Å². The molecule has 1 aromatic heterocycles. The number of aromatic nitrogens is 3. The van der Waals surface area contributed by atoms with Crippen molar-refractivity contribution in [3.05, 3.63) is 22.7 Å². The van der Waals surface area contributed by atoms with Gasteiger partial charge in [0.1, 0.15) is 5.75 Å². The highest BCUT2D eigenvalue weighted by Crippen LogP contribution is 2.35. The lowest BCUT2D eigenvalue weighted by molar-refractivity contribution is -0.0914. The van der Waals surface area contributed by atoms with E-state index in [0.717, 1.165) is 11.1 Å². The molecule has 1 aromatic carbocycles. The topological polar surface area (TPSA) is 78.4 Å². The van der Waals surface area contributed by atoms with Crippen LogP contribution in [0, 0.1) is 6.92 Å². The number of nitrogens with one attached hydrogen (secondary N) is 1. The van der Waals surface area contributed by atoms with Gasteiger partial charge in [-0.15, -0.1) is 22.0 Å². The first-order valence-corrected chi connectivity index (χ1v) is 9.07. The Morgan fingerprint density at radius 3 is 2.52 bits per heavy atom. The van der Waals surface area contributed by atoms with Crippen LogP contribution in [0.25, 0.3) is 11.4 Å². The van der Waals surface area contributed by atoms with Crippen LogP contribution in [0.5, 0.6) is 5.75 Å². The summed E-state index contributed by atoms with van der Waals surface area (Å²) in [7, 11) is 4.74. The lowest BCUT2D eigenvalue weighted by atomic mass is 10.1. The van der Waals surface area contributed by atoms with Gasteiger partial charge in [-0.1, -0.05) is 11.6 Å². The maximum Gasteiger partial charge on any atom is 0.187 e. The van der Waals surface area contributed by atoms with Crippen LogP contribution in [0.1, 0.15) is 5.56 Å². The second kappa shape index (κ2) is 9.19. The predicted octanol–water partition coefficient (Wildman–Crippen LogP) is 3.26. The summed E-state index contributed by atoms with van der Waals surface area (Å²) in [6.45, 7) is 2.35. The molecule has 0 aliphatic heterocycles. The zero-order valence-electron chi connectivity index (χ0n) is 14.8. The van der Waals surface area contributed by atoms with Gasteiger partial charge in [-0.25, -0.2) is 4.98 Å². The van der Waals surface area contributed by atoms with Crippen molar-refractivity contribution in [2.45, 2.75) is 18.2 Å². The van der Waals surface area contributed by atoms with Crippen LogP contribution in [0.15, 0.2) is 17.2 Å². The van der Waals surface area contributed by atoms with Gasteiger partial charge in [0.15, 0.2) is 23.0 Å². The van der Waals surface area contributed by atoms with Gasteiger partial charge in [0.2, 0.25) is 0 Å². The number of anilines is 1. The molecule has 136 valence electrons. The summed E-state index contributed by atoms with van der Waals surface area (Å²) >= 11 is 7.55. The third-order valence-corrected chi connectivity index (χ3v) is 4.40. The third kappa shape index (κ3) is 4.72. The Labute approximate surface area is 156 Å². The summed E-state index contributed by atoms with van der Waals surface area (Å²) in [5, 5.41) is 13.0. The minimum absolute atomic E-state index is 0.389. The molecule has 0 spiro atoms. The maximum absolute atomic E-state index is 6.10. The molecule has 1 heterocycles. The molecule has 0 atom stereocenters. The van der Waals surface area contributed by atoms with Gasteiger partial charge < -0.3 is 19.5 Å². The van der Waals surface area contributed by atoms with Crippen LogP contribution < -0.4 is 10.1 Å². The van der Waals surface area contributed by atoms with E-state index >= 15 is 0 Å². The zero-order valence-corrected chi connectivity index (χ0v) is 16.4. The summed E-state index contributed by atoms with van der Waals surface area (Å²) in [6.07, 6.45) is 1.52. The highest BCUT2D eigenvalue weighted by atomic mass is 35.5. The van der Waals surface area contributed by atoms with Crippen LogP contribution >= 0.6 is 23.4 Å². The third-order valence-electron chi connectivity index (χ3n) is 3.52. The highest BCUT2D eigenvalue weighted by Gasteiger charge is 2.17. The van der Waals surface area contributed by atoms with Gasteiger partial charge in [0, 0.05) is 19.2 Å². The summed E-state index contributed by atoms with van der Waals surface area (Å²) in [4.78, 5) is 4.61. The Hall–Kier alpha value is -1.61. The lowest BCUT2D eigenvalue weighted by Crippen LogP contribution is -2.24. The SMILES string of the molecule is COc1cc(Cl)cc(C)c1-c1nnc(SC)c(NCC(OC)OC)n1. The molecule has 0 unspecified atom stereocenters. The number of thioether (sulfide) groups is 1. The van der Waals surface area contributed by atoms with Gasteiger partial charge in [0.25, 0.3) is 0 Å². The Kier molecular flexibility index (Phi) is 7.24. The Balaban J connectivity index is 2.42. The molecule has 0 fully saturated rings. The molecule has 2 aromatic rings. The van der Waals surface area contributed by atoms with Crippen LogP contribution in [-0.2, 0) is 9.47 Å². The molecule has 25 heavy (non-hydrogen) atoms. The fourth-order valence-corrected chi connectivity index (χ4v) is 2.97. The quantitative estimate of drug-likeness (QED) is 0.548. The molecule has 2 rings (SSSR count). The fourth-order valence-electron chi connectivity index (χ4n) is 2.28. The minimum Gasteiger partial charge on any atom is -0.496 e. The number of rotatable bonds is 8. The molecular weight excluding hydrogens is 364 g/mol. The van der Waals surface area contributed by atoms with Crippen LogP contribution in [0.4, 0.5) is 5.82 Å². The van der Waals surface area contributed by atoms with Gasteiger partial charge in [0.05, 0.1) is 19.2 Å². The van der Waals surface area contributed by atoms with Crippen molar-refractivity contribution in [3.63, 3.8) is 0 Å². The summed E-state index contributed by atoms with van der Waals surface area (Å²) in [6, 6.07) is 3.57. The largest absolute Gasteiger partial charge is 0.496 e. The Morgan fingerprint density at radius 2 is 1.92 bits per heavy atom. The number of ether oxygens (including phenoxy) is 3. The second-order valence-corrected chi connectivity index (χ2v) is 6.31. The second-order valence-electron chi connectivity index (χ2n) is 5.08. The van der Waals surface area contributed by atoms with E-state index in [2.05, 4.69) is 20.5 Å². The molecule has 0 amide bonds. The van der Waals surface area contributed by atoms with E-state index < -0.39 is 0 Å². The fraction of sp³-hybridized carbons (Fsp3) is 0.438. The summed E-state index contributed by atoms with van der Waals surface area (Å²) in [5.74, 6) is 1.66. The van der Waals surface area contributed by atoms with E-state index in [4.69, 9.17) is 25.8 Å². The number of aryl methyl sites for hydroxylation is 1. The van der Waals surface area contributed by atoms with Gasteiger partial charge >= 0.3 is 0 Å². The smallest absolute Gasteiger partial charge is 0.187 e. The van der Waals surface area contributed by atoms with Crippen molar-refractivity contribution >= 4 is 29.2 Å². The molecule has 0 aliphatic rings. The first-order chi connectivity index (χ1) is 12.0. The first kappa shape index (κ1) is 19.7. The van der Waals surface area contributed by atoms with Crippen molar-refractivity contribution in [1.82, 2.24) is 15.2 Å². The van der Waals surface area contributed by atoms with Crippen LogP contribution in [0.3, 0.4) is 0 Å². The van der Waals surface area contributed by atoms with Crippen molar-refractivity contribution in [2.75, 3.05) is 39.4 Å². The van der Waals surface area contributed by atoms with Gasteiger partial charge in [-0.2, -0.15) is 0 Å². The lowest BCUT2D eigenvalue weighted by Gasteiger charge is -2.16. The average molecular weight is 385 g/mol. The zero-order chi connectivity index (χ0) is 18.4. The van der Waals surface area contributed by atoms with Crippen LogP contribution in [0.2, 0.25) is 5.02 Å². The minimum atomic E-state index is -0.389. The molecular formula is C16H21ClN4O3S. The van der Waals surface area contributed by atoms with Gasteiger partial charge in [-0.05, 0) is 30.9 Å². The number of benzene rings is 1.